The third kappa shape index (κ3) is 0.789. The zero-order chi connectivity index (χ0) is 7.14. The zero-order valence-electron chi connectivity index (χ0n) is 6.16. The Balaban J connectivity index is 2.09. The van der Waals surface area contributed by atoms with E-state index in [2.05, 4.69) is 0 Å². The van der Waals surface area contributed by atoms with Crippen LogP contribution in [0.25, 0.3) is 0 Å². The molecule has 0 bridgehead atoms. The van der Waals surface area contributed by atoms with Crippen molar-refractivity contribution >= 4 is 0 Å². The number of rotatable bonds is 0. The molecular weight excluding hydrogens is 126 g/mol. The molecule has 0 aliphatic heterocycles. The Morgan fingerprint density at radius 1 is 1.30 bits per heavy atom. The smallest absolute Gasteiger partial charge is 0.0721 e. The molecule has 58 valence electrons. The molecule has 0 saturated heterocycles. The summed E-state index contributed by atoms with van der Waals surface area (Å²) in [6.07, 6.45) is 4.69. The molecule has 2 nitrogen and oxygen atoms in total. The summed E-state index contributed by atoms with van der Waals surface area (Å²) in [4.78, 5) is 0. The van der Waals surface area contributed by atoms with Gasteiger partial charge in [0.15, 0.2) is 0 Å². The average molecular weight is 141 g/mol. The maximum Gasteiger partial charge on any atom is 0.0721 e. The van der Waals surface area contributed by atoms with Gasteiger partial charge in [-0.15, -0.1) is 0 Å². The molecule has 2 aliphatic carbocycles. The van der Waals surface area contributed by atoms with Gasteiger partial charge in [-0.3, -0.25) is 0 Å². The van der Waals surface area contributed by atoms with Gasteiger partial charge in [0.05, 0.1) is 6.10 Å². The van der Waals surface area contributed by atoms with Gasteiger partial charge in [0.1, 0.15) is 0 Å². The van der Waals surface area contributed by atoms with E-state index >= 15 is 0 Å². The topological polar surface area (TPSA) is 46.2 Å². The molecule has 2 aliphatic rings. The number of hydrogen-bond donors (Lipinski definition) is 2. The predicted molar refractivity (Wildman–Crippen MR) is 39.4 cm³/mol. The minimum absolute atomic E-state index is 0.0790. The van der Waals surface area contributed by atoms with E-state index in [-0.39, 0.29) is 12.1 Å². The van der Waals surface area contributed by atoms with Crippen LogP contribution in [-0.4, -0.2) is 17.3 Å². The quantitative estimate of drug-likeness (QED) is 0.516. The van der Waals surface area contributed by atoms with Crippen molar-refractivity contribution in [1.29, 1.82) is 0 Å². The Kier molecular flexibility index (Phi) is 1.46. The normalized spacial score (nSPS) is 53.4. The predicted octanol–water partition coefficient (Wildman–Crippen LogP) is 0.495. The molecule has 2 rings (SSSR count). The van der Waals surface area contributed by atoms with Gasteiger partial charge >= 0.3 is 0 Å². The van der Waals surface area contributed by atoms with Gasteiger partial charge in [0.25, 0.3) is 0 Å². The molecule has 2 heteroatoms. The fourth-order valence-electron chi connectivity index (χ4n) is 2.61. The van der Waals surface area contributed by atoms with E-state index in [0.29, 0.717) is 5.92 Å². The second-order valence-electron chi connectivity index (χ2n) is 3.74. The number of nitrogens with two attached hydrogens (primary N) is 1. The van der Waals surface area contributed by atoms with Crippen LogP contribution in [-0.2, 0) is 0 Å². The molecular formula is C8H15NO. The van der Waals surface area contributed by atoms with Gasteiger partial charge < -0.3 is 10.8 Å². The van der Waals surface area contributed by atoms with Crippen LogP contribution < -0.4 is 5.73 Å². The lowest BCUT2D eigenvalue weighted by molar-refractivity contribution is 0.113. The molecule has 0 heterocycles. The highest BCUT2D eigenvalue weighted by Crippen LogP contribution is 2.43. The van der Waals surface area contributed by atoms with Crippen molar-refractivity contribution < 1.29 is 5.11 Å². The first-order valence-corrected chi connectivity index (χ1v) is 4.22. The first-order valence-electron chi connectivity index (χ1n) is 4.22. The standard InChI is InChI=1S/C8H15NO/c9-7-4-5-2-1-3-6(5)8(7)10/h5-8,10H,1-4,9H2. The van der Waals surface area contributed by atoms with E-state index in [4.69, 9.17) is 5.73 Å². The van der Waals surface area contributed by atoms with Crippen LogP contribution in [0.2, 0.25) is 0 Å². The fraction of sp³-hybridized carbons (Fsp3) is 1.00. The molecule has 3 N–H and O–H groups in total. The molecule has 0 amide bonds. The summed E-state index contributed by atoms with van der Waals surface area (Å²) in [5.41, 5.74) is 5.72. The van der Waals surface area contributed by atoms with Crippen molar-refractivity contribution in [2.45, 2.75) is 37.8 Å². The largest absolute Gasteiger partial charge is 0.391 e. The summed E-state index contributed by atoms with van der Waals surface area (Å²) in [6.45, 7) is 0. The van der Waals surface area contributed by atoms with E-state index < -0.39 is 0 Å². The third-order valence-corrected chi connectivity index (χ3v) is 3.17. The highest BCUT2D eigenvalue weighted by Gasteiger charge is 2.42. The lowest BCUT2D eigenvalue weighted by Crippen LogP contribution is -2.32. The van der Waals surface area contributed by atoms with Crippen LogP contribution in [0.15, 0.2) is 0 Å². The molecule has 0 aromatic heterocycles. The van der Waals surface area contributed by atoms with Crippen LogP contribution >= 0.6 is 0 Å². The van der Waals surface area contributed by atoms with Gasteiger partial charge in [0, 0.05) is 6.04 Å². The first-order chi connectivity index (χ1) is 4.79. The molecule has 10 heavy (non-hydrogen) atoms. The summed E-state index contributed by atoms with van der Waals surface area (Å²) < 4.78 is 0. The molecule has 2 fully saturated rings. The fourth-order valence-corrected chi connectivity index (χ4v) is 2.61. The van der Waals surface area contributed by atoms with Crippen LogP contribution in [0.5, 0.6) is 0 Å². The maximum atomic E-state index is 9.54. The number of fused-ring (bicyclic) bond motifs is 1. The SMILES string of the molecule is NC1CC2CCCC2C1O. The van der Waals surface area contributed by atoms with E-state index in [1.807, 2.05) is 0 Å². The van der Waals surface area contributed by atoms with Crippen LogP contribution in [0.3, 0.4) is 0 Å². The number of aliphatic hydroxyl groups is 1. The summed E-state index contributed by atoms with van der Waals surface area (Å²) in [5, 5.41) is 9.54. The summed E-state index contributed by atoms with van der Waals surface area (Å²) in [6, 6.07) is 0.0790. The van der Waals surface area contributed by atoms with Crippen molar-refractivity contribution in [3.05, 3.63) is 0 Å². The van der Waals surface area contributed by atoms with Gasteiger partial charge in [-0.25, -0.2) is 0 Å². The molecule has 0 spiro atoms. The van der Waals surface area contributed by atoms with Crippen molar-refractivity contribution in [2.75, 3.05) is 0 Å². The van der Waals surface area contributed by atoms with Crippen molar-refractivity contribution in [1.82, 2.24) is 0 Å². The van der Waals surface area contributed by atoms with Gasteiger partial charge in [-0.05, 0) is 24.7 Å². The van der Waals surface area contributed by atoms with Crippen LogP contribution in [0.1, 0.15) is 25.7 Å². The van der Waals surface area contributed by atoms with E-state index in [1.165, 1.54) is 19.3 Å². The third-order valence-electron chi connectivity index (χ3n) is 3.17. The molecule has 0 aromatic rings. The first kappa shape index (κ1) is 6.62. The number of aliphatic hydroxyl groups excluding tert-OH is 1. The van der Waals surface area contributed by atoms with Crippen LogP contribution in [0, 0.1) is 11.8 Å². The minimum Gasteiger partial charge on any atom is -0.391 e. The van der Waals surface area contributed by atoms with E-state index in [1.54, 1.807) is 0 Å². The Bertz CT molecular complexity index is 135. The summed E-state index contributed by atoms with van der Waals surface area (Å²) in [7, 11) is 0. The molecule has 2 saturated carbocycles. The molecule has 0 aromatic carbocycles. The van der Waals surface area contributed by atoms with Crippen molar-refractivity contribution in [2.24, 2.45) is 17.6 Å². The van der Waals surface area contributed by atoms with Crippen molar-refractivity contribution in [3.8, 4) is 0 Å². The average Bonchev–Trinajstić information content (AvgIpc) is 2.41. The van der Waals surface area contributed by atoms with Crippen LogP contribution in [0.4, 0.5) is 0 Å². The lowest BCUT2D eigenvalue weighted by Gasteiger charge is -2.13. The minimum atomic E-state index is -0.188. The molecule has 4 atom stereocenters. The van der Waals surface area contributed by atoms with Gasteiger partial charge in [-0.1, -0.05) is 12.8 Å². The summed E-state index contributed by atoms with van der Waals surface area (Å²) in [5.74, 6) is 1.31. The Morgan fingerprint density at radius 3 is 2.80 bits per heavy atom. The van der Waals surface area contributed by atoms with Gasteiger partial charge in [0.2, 0.25) is 0 Å². The Labute approximate surface area is 61.4 Å². The highest BCUT2D eigenvalue weighted by molar-refractivity contribution is 4.96. The van der Waals surface area contributed by atoms with Gasteiger partial charge in [-0.2, -0.15) is 0 Å². The monoisotopic (exact) mass is 141 g/mol. The number of hydrogen-bond acceptors (Lipinski definition) is 2. The maximum absolute atomic E-state index is 9.54. The van der Waals surface area contributed by atoms with E-state index in [0.717, 1.165) is 12.3 Å². The molecule has 4 unspecified atom stereocenters. The Hall–Kier alpha value is -0.0800. The molecule has 0 radical (unpaired) electrons. The zero-order valence-corrected chi connectivity index (χ0v) is 6.16. The second kappa shape index (κ2) is 2.21. The van der Waals surface area contributed by atoms with Crippen molar-refractivity contribution in [3.63, 3.8) is 0 Å². The second-order valence-corrected chi connectivity index (χ2v) is 3.74. The summed E-state index contributed by atoms with van der Waals surface area (Å²) >= 11 is 0. The highest BCUT2D eigenvalue weighted by atomic mass is 16.3. The lowest BCUT2D eigenvalue weighted by atomic mass is 9.99. The van der Waals surface area contributed by atoms with E-state index in [9.17, 15) is 5.11 Å². The Morgan fingerprint density at radius 2 is 2.10 bits per heavy atom.